The number of nitrogens with zero attached hydrogens (tertiary/aromatic N) is 2. The van der Waals surface area contributed by atoms with Crippen LogP contribution in [0.3, 0.4) is 0 Å². The second-order valence-electron chi connectivity index (χ2n) is 7.84. The van der Waals surface area contributed by atoms with Crippen LogP contribution in [0.1, 0.15) is 49.4 Å². The van der Waals surface area contributed by atoms with Crippen molar-refractivity contribution in [2.24, 2.45) is 0 Å². The summed E-state index contributed by atoms with van der Waals surface area (Å²) in [6, 6.07) is 7.88. The van der Waals surface area contributed by atoms with Gasteiger partial charge in [-0.15, -0.1) is 0 Å². The van der Waals surface area contributed by atoms with Gasteiger partial charge in [0.1, 0.15) is 18.3 Å². The second-order valence-corrected chi connectivity index (χ2v) is 7.84. The Balaban J connectivity index is 1.39. The van der Waals surface area contributed by atoms with E-state index in [2.05, 4.69) is 4.90 Å². The van der Waals surface area contributed by atoms with E-state index in [1.807, 2.05) is 0 Å². The number of hydrogen-bond donors (Lipinski definition) is 1. The first-order valence-electron chi connectivity index (χ1n) is 14.1. The number of hydrogen-bond acceptors (Lipinski definition) is 6. The van der Waals surface area contributed by atoms with E-state index >= 15 is 0 Å². The van der Waals surface area contributed by atoms with Gasteiger partial charge < -0.3 is 14.4 Å². The van der Waals surface area contributed by atoms with Crippen LogP contribution in [0.15, 0.2) is 42.5 Å². The Bertz CT molecular complexity index is 1370. The molecular weight excluding hydrogens is 422 g/mol. The summed E-state index contributed by atoms with van der Waals surface area (Å²) in [7, 11) is 0. The van der Waals surface area contributed by atoms with Crippen LogP contribution in [0.2, 0.25) is 0 Å². The number of ether oxygens (including phenoxy) is 2. The Morgan fingerprint density at radius 3 is 2.67 bits per heavy atom. The highest BCUT2D eigenvalue weighted by molar-refractivity contribution is 6.05. The average Bonchev–Trinajstić information content (AvgIpc) is 3.25. The molecule has 5 rings (SSSR count). The minimum Gasteiger partial charge on any atom is -0.489 e. The Kier molecular flexibility index (Phi) is 4.19. The number of benzene rings is 2. The van der Waals surface area contributed by atoms with Gasteiger partial charge in [-0.05, 0) is 29.6 Å². The third kappa shape index (κ3) is 4.62. The van der Waals surface area contributed by atoms with Gasteiger partial charge >= 0.3 is 0 Å². The smallest absolute Gasteiger partial charge is 0.255 e. The largest absolute Gasteiger partial charge is 0.489 e. The van der Waals surface area contributed by atoms with Gasteiger partial charge in [0, 0.05) is 42.6 Å². The topological polar surface area (TPSA) is 88.2 Å². The number of piperidine rings is 1. The molecule has 0 unspecified atom stereocenters. The van der Waals surface area contributed by atoms with E-state index in [1.54, 1.807) is 29.6 Å². The molecule has 0 bridgehead atoms. The lowest BCUT2D eigenvalue weighted by Gasteiger charge is -2.29. The molecule has 0 radical (unpaired) electrons. The van der Waals surface area contributed by atoms with Gasteiger partial charge in [0.05, 0.1) is 23.9 Å². The molecule has 33 heavy (non-hydrogen) atoms. The zero-order chi connectivity index (χ0) is 29.1. The summed E-state index contributed by atoms with van der Waals surface area (Å²) >= 11 is 0. The first kappa shape index (κ1) is 14.8. The van der Waals surface area contributed by atoms with E-state index in [0.717, 1.165) is 18.7 Å². The van der Waals surface area contributed by atoms with Crippen molar-refractivity contribution >= 4 is 17.7 Å². The molecule has 3 aliphatic heterocycles. The van der Waals surface area contributed by atoms with Crippen molar-refractivity contribution in [3.63, 3.8) is 0 Å². The molecule has 3 amide bonds. The van der Waals surface area contributed by atoms with Gasteiger partial charge in [0.2, 0.25) is 11.8 Å². The lowest BCUT2D eigenvalue weighted by Crippen LogP contribution is -2.52. The van der Waals surface area contributed by atoms with E-state index in [4.69, 9.17) is 19.1 Å². The number of morpholine rings is 1. The maximum absolute atomic E-state index is 13.3. The zero-order valence-corrected chi connectivity index (χ0v) is 17.7. The monoisotopic (exact) mass is 456 g/mol. The number of nitrogens with one attached hydrogen (secondary N) is 1. The van der Waals surface area contributed by atoms with Crippen LogP contribution in [0, 0.1) is 0 Å². The van der Waals surface area contributed by atoms with Gasteiger partial charge in [0.25, 0.3) is 5.91 Å². The van der Waals surface area contributed by atoms with Crippen molar-refractivity contribution < 1.29 is 33.5 Å². The van der Waals surface area contributed by atoms with E-state index in [9.17, 15) is 14.4 Å². The van der Waals surface area contributed by atoms with Crippen LogP contribution < -0.4 is 10.1 Å². The first-order chi connectivity index (χ1) is 18.7. The third-order valence-corrected chi connectivity index (χ3v) is 5.67. The Hall–Kier alpha value is -3.23. The zero-order valence-electron chi connectivity index (χ0n) is 24.7. The number of carbonyl (C=O) groups is 3. The van der Waals surface area contributed by atoms with Crippen LogP contribution in [-0.4, -0.2) is 59.8 Å². The van der Waals surface area contributed by atoms with E-state index < -0.39 is 49.6 Å². The van der Waals surface area contributed by atoms with Crippen LogP contribution in [-0.2, 0) is 34.0 Å². The van der Waals surface area contributed by atoms with Gasteiger partial charge in [-0.2, -0.15) is 0 Å². The summed E-state index contributed by atoms with van der Waals surface area (Å²) in [6.45, 7) is 0.753. The summed E-state index contributed by atoms with van der Waals surface area (Å²) in [5.74, 6) is -4.03. The Labute approximate surface area is 202 Å². The van der Waals surface area contributed by atoms with Gasteiger partial charge in [-0.3, -0.25) is 24.6 Å². The molecule has 8 nitrogen and oxygen atoms in total. The maximum atomic E-state index is 13.3. The predicted octanol–water partition coefficient (Wildman–Crippen LogP) is 1.86. The molecule has 2 saturated heterocycles. The SMILES string of the molecule is [2H]C([2H])(Oc1cccc2c1CN([C@]1([2H])C(=O)NC(=O)C([2H])([2H])C1([2H])[2H])C2=O)c1ccc(CN2CCOCC2)cc1. The van der Waals surface area contributed by atoms with E-state index in [-0.39, 0.29) is 22.4 Å². The fourth-order valence-electron chi connectivity index (χ4n) is 3.95. The van der Waals surface area contributed by atoms with Crippen molar-refractivity contribution in [1.29, 1.82) is 0 Å². The summed E-state index contributed by atoms with van der Waals surface area (Å²) in [4.78, 5) is 40.8. The lowest BCUT2D eigenvalue weighted by molar-refractivity contribution is -0.136. The molecule has 0 saturated carbocycles. The van der Waals surface area contributed by atoms with Crippen LogP contribution in [0.25, 0.3) is 0 Å². The molecule has 0 aliphatic carbocycles. The van der Waals surface area contributed by atoms with E-state index in [1.165, 1.54) is 18.2 Å². The molecule has 0 aromatic heterocycles. The van der Waals surface area contributed by atoms with Crippen molar-refractivity contribution in [3.05, 3.63) is 64.7 Å². The minimum atomic E-state index is -3.41. The molecule has 172 valence electrons. The molecule has 1 N–H and O–H groups in total. The highest BCUT2D eigenvalue weighted by Crippen LogP contribution is 2.34. The van der Waals surface area contributed by atoms with Crippen molar-refractivity contribution in [3.8, 4) is 5.75 Å². The number of rotatable bonds is 6. The minimum absolute atomic E-state index is 0.0538. The molecule has 2 aromatic carbocycles. The third-order valence-electron chi connectivity index (χ3n) is 5.67. The molecule has 2 fully saturated rings. The Morgan fingerprint density at radius 2 is 1.88 bits per heavy atom. The van der Waals surface area contributed by atoms with Gasteiger partial charge in [-0.25, -0.2) is 0 Å². The maximum Gasteiger partial charge on any atom is 0.255 e. The van der Waals surface area contributed by atoms with Crippen molar-refractivity contribution in [2.45, 2.75) is 38.4 Å². The summed E-state index contributed by atoms with van der Waals surface area (Å²) in [5, 5.41) is 1.67. The highest BCUT2D eigenvalue weighted by atomic mass is 16.5. The number of imide groups is 1. The average molecular weight is 457 g/mol. The first-order valence-corrected chi connectivity index (χ1v) is 10.6. The molecule has 8 heteroatoms. The van der Waals surface area contributed by atoms with Crippen LogP contribution in [0.4, 0.5) is 0 Å². The number of fused-ring (bicyclic) bond motifs is 1. The second kappa shape index (κ2) is 9.33. The molecule has 3 aliphatic rings. The van der Waals surface area contributed by atoms with E-state index in [0.29, 0.717) is 24.7 Å². The van der Waals surface area contributed by atoms with Gasteiger partial charge in [0.15, 0.2) is 0 Å². The lowest BCUT2D eigenvalue weighted by atomic mass is 10.0. The predicted molar refractivity (Wildman–Crippen MR) is 119 cm³/mol. The molecule has 2 aromatic rings. The molecule has 1 atom stereocenters. The van der Waals surface area contributed by atoms with Crippen LogP contribution >= 0.6 is 0 Å². The number of carbonyl (C=O) groups excluding carboxylic acids is 3. The van der Waals surface area contributed by atoms with Gasteiger partial charge in [-0.1, -0.05) is 30.3 Å². The van der Waals surface area contributed by atoms with Crippen molar-refractivity contribution in [2.75, 3.05) is 26.3 Å². The summed E-state index contributed by atoms with van der Waals surface area (Å²) < 4.78 is 69.2. The quantitative estimate of drug-likeness (QED) is 0.668. The fourth-order valence-corrected chi connectivity index (χ4v) is 3.95. The van der Waals surface area contributed by atoms with Crippen molar-refractivity contribution in [1.82, 2.24) is 15.1 Å². The highest BCUT2D eigenvalue weighted by Gasteiger charge is 2.40. The fraction of sp³-hybridized carbons (Fsp3) is 0.400. The normalized spacial score (nSPS) is 30.0. The van der Waals surface area contributed by atoms with Crippen LogP contribution in [0.5, 0.6) is 5.75 Å². The molecule has 3 heterocycles. The molecular formula is C25H27N3O5. The molecule has 0 spiro atoms. The number of amides is 3. The Morgan fingerprint density at radius 1 is 1.12 bits per heavy atom. The summed E-state index contributed by atoms with van der Waals surface area (Å²) in [6.07, 6.45) is -6.70. The standard InChI is InChI=1S/C25H27N3O5/c29-23-9-8-21(24(30)26-23)28-15-20-19(25(28)31)2-1-3-22(20)33-16-18-6-4-17(5-7-18)14-27-10-12-32-13-11-27/h1-7,21H,8-16H2,(H,26,29,30)/t21-/m0/s1/i8D2,9D2,16D2,21D. The summed E-state index contributed by atoms with van der Waals surface area (Å²) in [5.41, 5.74) is 1.25.